The second-order valence-electron chi connectivity index (χ2n) is 4.58. The summed E-state index contributed by atoms with van der Waals surface area (Å²) in [5, 5.41) is 10.3. The molecule has 0 saturated carbocycles. The summed E-state index contributed by atoms with van der Waals surface area (Å²) < 4.78 is 0. The van der Waals surface area contributed by atoms with E-state index < -0.39 is 5.97 Å². The molecule has 0 bridgehead atoms. The normalized spacial score (nSPS) is 21.6. The lowest BCUT2D eigenvalue weighted by Gasteiger charge is -2.32. The van der Waals surface area contributed by atoms with Gasteiger partial charge in [0.1, 0.15) is 0 Å². The van der Waals surface area contributed by atoms with E-state index >= 15 is 0 Å². The highest BCUT2D eigenvalue weighted by Gasteiger charge is 2.26. The highest BCUT2D eigenvalue weighted by molar-refractivity contribution is 5.78. The van der Waals surface area contributed by atoms with Crippen molar-refractivity contribution in [3.05, 3.63) is 23.3 Å². The second kappa shape index (κ2) is 3.99. The highest BCUT2D eigenvalue weighted by atomic mass is 16.4. The Hall–Kier alpha value is -1.05. The zero-order valence-electron chi connectivity index (χ0n) is 9.09. The first-order chi connectivity index (χ1) is 6.43. The number of hydrogen-bond donors (Lipinski definition) is 0. The molecule has 0 spiro atoms. The van der Waals surface area contributed by atoms with Gasteiger partial charge in [-0.1, -0.05) is 25.5 Å². The number of carbonyl (C=O) groups is 1. The molecule has 0 amide bonds. The van der Waals surface area contributed by atoms with E-state index in [1.165, 1.54) is 12.0 Å². The molecule has 0 N–H and O–H groups in total. The molecule has 0 fully saturated rings. The van der Waals surface area contributed by atoms with Crippen LogP contribution in [-0.4, -0.2) is 5.97 Å². The molecule has 0 aliphatic heterocycles. The molecule has 1 aliphatic carbocycles. The number of carboxylic acids is 1. The summed E-state index contributed by atoms with van der Waals surface area (Å²) in [6, 6.07) is 0. The third-order valence-corrected chi connectivity index (χ3v) is 2.93. The van der Waals surface area contributed by atoms with E-state index in [1.54, 1.807) is 6.08 Å². The lowest BCUT2D eigenvalue weighted by molar-refractivity contribution is -0.297. The van der Waals surface area contributed by atoms with Gasteiger partial charge in [0.25, 0.3) is 0 Å². The van der Waals surface area contributed by atoms with E-state index in [4.69, 9.17) is 0 Å². The predicted molar refractivity (Wildman–Crippen MR) is 54.5 cm³/mol. The summed E-state index contributed by atoms with van der Waals surface area (Å²) in [5.41, 5.74) is 2.57. The summed E-state index contributed by atoms with van der Waals surface area (Å²) in [6.07, 6.45) is 6.23. The topological polar surface area (TPSA) is 40.1 Å². The zero-order valence-corrected chi connectivity index (χ0v) is 9.09. The van der Waals surface area contributed by atoms with Crippen molar-refractivity contribution >= 4 is 5.97 Å². The SMILES string of the molecule is CC1=C(/C=C/C(=O)[O-])C(C)(C)CCC1. The largest absolute Gasteiger partial charge is 0.545 e. The molecule has 0 saturated heterocycles. The third-order valence-electron chi connectivity index (χ3n) is 2.93. The smallest absolute Gasteiger partial charge is 0.0642 e. The number of carboxylic acid groups (broad SMARTS) is 1. The van der Waals surface area contributed by atoms with Crippen LogP contribution in [0.3, 0.4) is 0 Å². The lowest BCUT2D eigenvalue weighted by Crippen LogP contribution is -2.21. The van der Waals surface area contributed by atoms with Crippen molar-refractivity contribution in [2.45, 2.75) is 40.0 Å². The maximum Gasteiger partial charge on any atom is 0.0642 e. The Kier molecular flexibility index (Phi) is 3.14. The van der Waals surface area contributed by atoms with Crippen LogP contribution >= 0.6 is 0 Å². The van der Waals surface area contributed by atoms with Crippen molar-refractivity contribution in [3.63, 3.8) is 0 Å². The zero-order chi connectivity index (χ0) is 10.8. The first-order valence-electron chi connectivity index (χ1n) is 5.03. The standard InChI is InChI=1S/C12H18O2/c1-9-5-4-8-12(2,3)10(9)6-7-11(13)14/h6-7H,4-5,8H2,1-3H3,(H,13,14)/p-1/b7-6+. The molecular weight excluding hydrogens is 176 g/mol. The molecule has 1 aliphatic rings. The van der Waals surface area contributed by atoms with E-state index in [0.717, 1.165) is 24.5 Å². The van der Waals surface area contributed by atoms with Gasteiger partial charge in [-0.15, -0.1) is 0 Å². The van der Waals surface area contributed by atoms with Gasteiger partial charge in [-0.3, -0.25) is 0 Å². The van der Waals surface area contributed by atoms with E-state index in [-0.39, 0.29) is 5.41 Å². The maximum atomic E-state index is 10.3. The highest BCUT2D eigenvalue weighted by Crippen LogP contribution is 2.40. The van der Waals surface area contributed by atoms with Gasteiger partial charge in [0.2, 0.25) is 0 Å². The number of hydrogen-bond acceptors (Lipinski definition) is 2. The average molecular weight is 193 g/mol. The van der Waals surface area contributed by atoms with Crippen molar-refractivity contribution in [3.8, 4) is 0 Å². The Bertz CT molecular complexity index is 295. The quantitative estimate of drug-likeness (QED) is 0.627. The summed E-state index contributed by atoms with van der Waals surface area (Å²) in [6.45, 7) is 6.39. The van der Waals surface area contributed by atoms with Crippen LogP contribution in [0.2, 0.25) is 0 Å². The summed E-state index contributed by atoms with van der Waals surface area (Å²) in [4.78, 5) is 10.3. The van der Waals surface area contributed by atoms with Crippen molar-refractivity contribution in [1.29, 1.82) is 0 Å². The van der Waals surface area contributed by atoms with Crippen molar-refractivity contribution < 1.29 is 9.90 Å². The first kappa shape index (κ1) is 11.0. The Morgan fingerprint density at radius 3 is 2.64 bits per heavy atom. The molecule has 78 valence electrons. The van der Waals surface area contributed by atoms with Crippen LogP contribution in [0, 0.1) is 5.41 Å². The van der Waals surface area contributed by atoms with Crippen molar-refractivity contribution in [2.24, 2.45) is 5.41 Å². The van der Waals surface area contributed by atoms with Gasteiger partial charge in [-0.25, -0.2) is 0 Å². The van der Waals surface area contributed by atoms with Gasteiger partial charge in [0.15, 0.2) is 0 Å². The third kappa shape index (κ3) is 2.47. The van der Waals surface area contributed by atoms with Gasteiger partial charge in [-0.2, -0.15) is 0 Å². The number of rotatable bonds is 2. The van der Waals surface area contributed by atoms with Crippen molar-refractivity contribution in [2.75, 3.05) is 0 Å². The fourth-order valence-electron chi connectivity index (χ4n) is 2.16. The number of aliphatic carboxylic acids is 1. The van der Waals surface area contributed by atoms with Gasteiger partial charge >= 0.3 is 0 Å². The van der Waals surface area contributed by atoms with E-state index in [2.05, 4.69) is 20.8 Å². The summed E-state index contributed by atoms with van der Waals surface area (Å²) >= 11 is 0. The maximum absolute atomic E-state index is 10.3. The van der Waals surface area contributed by atoms with E-state index in [1.807, 2.05) is 0 Å². The minimum Gasteiger partial charge on any atom is -0.545 e. The molecule has 2 heteroatoms. The van der Waals surface area contributed by atoms with Crippen LogP contribution < -0.4 is 5.11 Å². The van der Waals surface area contributed by atoms with Gasteiger partial charge in [-0.05, 0) is 43.3 Å². The number of allylic oxidation sites excluding steroid dienone is 3. The fraction of sp³-hybridized carbons (Fsp3) is 0.583. The lowest BCUT2D eigenvalue weighted by atomic mass is 9.73. The average Bonchev–Trinajstić information content (AvgIpc) is 2.01. The van der Waals surface area contributed by atoms with Crippen LogP contribution in [0.5, 0.6) is 0 Å². The molecule has 0 radical (unpaired) electrons. The molecule has 2 nitrogen and oxygen atoms in total. The molecule has 14 heavy (non-hydrogen) atoms. The molecule has 0 heterocycles. The van der Waals surface area contributed by atoms with Crippen LogP contribution in [0.25, 0.3) is 0 Å². The molecule has 0 aromatic carbocycles. The van der Waals surface area contributed by atoms with Gasteiger partial charge in [0.05, 0.1) is 5.97 Å². The molecule has 1 rings (SSSR count). The summed E-state index contributed by atoms with van der Waals surface area (Å²) in [7, 11) is 0. The Labute approximate surface area is 85.3 Å². The molecular formula is C12H17O2-. The molecule has 0 aromatic heterocycles. The Morgan fingerprint density at radius 1 is 1.50 bits per heavy atom. The van der Waals surface area contributed by atoms with E-state index in [0.29, 0.717) is 0 Å². The first-order valence-corrected chi connectivity index (χ1v) is 5.03. The Morgan fingerprint density at radius 2 is 2.14 bits per heavy atom. The van der Waals surface area contributed by atoms with Gasteiger partial charge < -0.3 is 9.90 Å². The van der Waals surface area contributed by atoms with Crippen LogP contribution in [-0.2, 0) is 4.79 Å². The molecule has 0 aromatic rings. The van der Waals surface area contributed by atoms with E-state index in [9.17, 15) is 9.90 Å². The fourth-order valence-corrected chi connectivity index (χ4v) is 2.16. The van der Waals surface area contributed by atoms with Crippen LogP contribution in [0.4, 0.5) is 0 Å². The molecule has 0 unspecified atom stereocenters. The number of carbonyl (C=O) groups excluding carboxylic acids is 1. The monoisotopic (exact) mass is 193 g/mol. The predicted octanol–water partition coefficient (Wildman–Crippen LogP) is 1.82. The Balaban J connectivity index is 2.96. The minimum absolute atomic E-state index is 0.105. The summed E-state index contributed by atoms with van der Waals surface area (Å²) in [5.74, 6) is -1.12. The van der Waals surface area contributed by atoms with Crippen LogP contribution in [0.15, 0.2) is 23.3 Å². The van der Waals surface area contributed by atoms with Crippen LogP contribution in [0.1, 0.15) is 40.0 Å². The minimum atomic E-state index is -1.12. The van der Waals surface area contributed by atoms with Crippen molar-refractivity contribution in [1.82, 2.24) is 0 Å². The van der Waals surface area contributed by atoms with Gasteiger partial charge in [0, 0.05) is 0 Å². The molecule has 0 atom stereocenters. The second-order valence-corrected chi connectivity index (χ2v) is 4.58.